The predicted octanol–water partition coefficient (Wildman–Crippen LogP) is 3.59. The third-order valence-corrected chi connectivity index (χ3v) is 6.49. The summed E-state index contributed by atoms with van der Waals surface area (Å²) in [6.07, 6.45) is 12.9. The van der Waals surface area contributed by atoms with Crippen molar-refractivity contribution in [1.29, 1.82) is 0 Å². The molecule has 0 radical (unpaired) electrons. The minimum Gasteiger partial charge on any atom is -0.744 e. The van der Waals surface area contributed by atoms with Crippen LogP contribution >= 0.6 is 0 Å². The smallest absolute Gasteiger partial charge is 0.744 e. The van der Waals surface area contributed by atoms with Crippen LogP contribution in [0.3, 0.4) is 0 Å². The number of carbonyl (C=O) groups is 1. The first-order chi connectivity index (χ1) is 14.5. The van der Waals surface area contributed by atoms with Crippen LogP contribution in [0.25, 0.3) is 10.8 Å². The number of aryl methyl sites for hydroxylation is 1. The second-order valence-corrected chi connectivity index (χ2v) is 9.16. The number of fused-ring (bicyclic) bond motifs is 1. The molecule has 2 rings (SSSR count). The summed E-state index contributed by atoms with van der Waals surface area (Å²) >= 11 is 0. The first-order valence-corrected chi connectivity index (χ1v) is 12.7. The maximum atomic E-state index is 12.2. The number of carbonyl (C=O) groups excluding carboxylic acids is 1. The summed E-state index contributed by atoms with van der Waals surface area (Å²) in [5.74, 6) is 0. The van der Waals surface area contributed by atoms with E-state index in [0.717, 1.165) is 55.0 Å². The van der Waals surface area contributed by atoms with Gasteiger partial charge in [-0.3, -0.25) is 0 Å². The molecular formula is C25H37NaO4S. The molecule has 0 amide bonds. The van der Waals surface area contributed by atoms with Crippen molar-refractivity contribution in [3.8, 4) is 0 Å². The third kappa shape index (κ3) is 10.2. The minimum absolute atomic E-state index is 0. The van der Waals surface area contributed by atoms with Crippen molar-refractivity contribution >= 4 is 27.7 Å². The molecule has 0 aromatic heterocycles. The first kappa shape index (κ1) is 30.3. The average Bonchev–Trinajstić information content (AvgIpc) is 2.73. The van der Waals surface area contributed by atoms with Crippen LogP contribution in [0, 0.1) is 0 Å². The zero-order valence-corrected chi connectivity index (χ0v) is 22.4. The van der Waals surface area contributed by atoms with E-state index < -0.39 is 10.1 Å². The monoisotopic (exact) mass is 456 g/mol. The van der Waals surface area contributed by atoms with E-state index in [1.807, 2.05) is 25.0 Å². The molecule has 2 aromatic carbocycles. The molecule has 0 saturated carbocycles. The maximum Gasteiger partial charge on any atom is 1.00 e. The maximum absolute atomic E-state index is 12.2. The van der Waals surface area contributed by atoms with Crippen molar-refractivity contribution < 1.29 is 47.3 Å². The van der Waals surface area contributed by atoms with E-state index in [1.165, 1.54) is 32.1 Å². The van der Waals surface area contributed by atoms with Gasteiger partial charge in [0.05, 0.1) is 4.90 Å². The number of hydrogen-bond donors (Lipinski definition) is 0. The number of unbranched alkanes of at least 4 members (excludes halogenated alkanes) is 8. The molecule has 2 aromatic rings. The molecule has 0 fully saturated rings. The normalized spacial score (nSPS) is 10.9. The number of rotatable bonds is 13. The topological polar surface area (TPSA) is 74.3 Å². The van der Waals surface area contributed by atoms with E-state index in [2.05, 4.69) is 19.9 Å². The van der Waals surface area contributed by atoms with E-state index >= 15 is 0 Å². The Morgan fingerprint density at radius 2 is 1.32 bits per heavy atom. The van der Waals surface area contributed by atoms with Gasteiger partial charge in [0.15, 0.2) is 0 Å². The van der Waals surface area contributed by atoms with Crippen LogP contribution in [0.2, 0.25) is 0 Å². The van der Waals surface area contributed by atoms with Gasteiger partial charge in [0.2, 0.25) is 0 Å². The van der Waals surface area contributed by atoms with Crippen LogP contribution in [-0.4, -0.2) is 19.8 Å². The number of benzene rings is 2. The van der Waals surface area contributed by atoms with Crippen LogP contribution < -0.4 is 29.6 Å². The molecule has 168 valence electrons. The van der Waals surface area contributed by atoms with Gasteiger partial charge in [0.1, 0.15) is 16.9 Å². The van der Waals surface area contributed by atoms with Gasteiger partial charge in [-0.05, 0) is 47.6 Å². The Labute approximate surface area is 211 Å². The molecule has 31 heavy (non-hydrogen) atoms. The van der Waals surface area contributed by atoms with Crippen LogP contribution in [0.1, 0.15) is 89.2 Å². The van der Waals surface area contributed by atoms with E-state index in [0.29, 0.717) is 11.8 Å². The average molecular weight is 457 g/mol. The summed E-state index contributed by atoms with van der Waals surface area (Å²) in [5, 5.41) is 1.44. The second-order valence-electron chi connectivity index (χ2n) is 7.85. The SMILES string of the molecule is C=O.CCCCCCCc1cc2ccccc2c(S(=O)(=O)[O-])c1CCCCCCC.[Na+]. The van der Waals surface area contributed by atoms with Crippen LogP contribution in [-0.2, 0) is 27.8 Å². The summed E-state index contributed by atoms with van der Waals surface area (Å²) < 4.78 is 36.6. The quantitative estimate of drug-likeness (QED) is 0.262. The van der Waals surface area contributed by atoms with Crippen LogP contribution in [0.4, 0.5) is 0 Å². The van der Waals surface area contributed by atoms with Gasteiger partial charge >= 0.3 is 29.6 Å². The van der Waals surface area contributed by atoms with Crippen molar-refractivity contribution in [1.82, 2.24) is 0 Å². The largest absolute Gasteiger partial charge is 1.00 e. The third-order valence-electron chi connectivity index (χ3n) is 5.53. The fourth-order valence-corrected chi connectivity index (χ4v) is 5.01. The zero-order valence-electron chi connectivity index (χ0n) is 19.6. The first-order valence-electron chi connectivity index (χ1n) is 11.3. The Kier molecular flexibility index (Phi) is 16.5. The molecule has 0 aliphatic heterocycles. The van der Waals surface area contributed by atoms with E-state index in [-0.39, 0.29) is 34.5 Å². The van der Waals surface area contributed by atoms with Gasteiger partial charge in [0.25, 0.3) is 0 Å². The standard InChI is InChI=1S/C24H36O3S.CH2O.Na/c1-3-5-7-9-11-15-20-19-21-16-13-14-18-23(21)24(28(25,26)27)22(20)17-12-10-8-6-4-2;1-2;/h13-14,16,18-19H,3-12,15,17H2,1-2H3,(H,25,26,27);1H2;/q;;+1/p-1. The molecule has 0 heterocycles. The van der Waals surface area contributed by atoms with Crippen LogP contribution in [0.15, 0.2) is 35.2 Å². The Hall–Kier alpha value is -0.720. The Balaban J connectivity index is 0.00000291. The van der Waals surface area contributed by atoms with Crippen LogP contribution in [0.5, 0.6) is 0 Å². The van der Waals surface area contributed by atoms with Crippen molar-refractivity contribution in [2.75, 3.05) is 0 Å². The van der Waals surface area contributed by atoms with Gasteiger partial charge in [-0.2, -0.15) is 0 Å². The van der Waals surface area contributed by atoms with Crippen molar-refractivity contribution in [3.63, 3.8) is 0 Å². The molecule has 0 N–H and O–H groups in total. The molecule has 4 nitrogen and oxygen atoms in total. The van der Waals surface area contributed by atoms with Gasteiger partial charge in [-0.25, -0.2) is 8.42 Å². The van der Waals surface area contributed by atoms with E-state index in [4.69, 9.17) is 4.79 Å². The Bertz CT molecular complexity index is 865. The van der Waals surface area contributed by atoms with E-state index in [9.17, 15) is 13.0 Å². The van der Waals surface area contributed by atoms with Gasteiger partial charge < -0.3 is 9.35 Å². The summed E-state index contributed by atoms with van der Waals surface area (Å²) in [6.45, 7) is 6.38. The molecule has 0 atom stereocenters. The van der Waals surface area contributed by atoms with Crippen molar-refractivity contribution in [3.05, 3.63) is 41.5 Å². The second kappa shape index (κ2) is 16.8. The molecule has 6 heteroatoms. The van der Waals surface area contributed by atoms with Crippen molar-refractivity contribution in [2.24, 2.45) is 0 Å². The number of hydrogen-bond acceptors (Lipinski definition) is 4. The molecule has 0 spiro atoms. The fourth-order valence-electron chi connectivity index (χ4n) is 4.02. The predicted molar refractivity (Wildman–Crippen MR) is 124 cm³/mol. The summed E-state index contributed by atoms with van der Waals surface area (Å²) in [4.78, 5) is 8.03. The van der Waals surface area contributed by atoms with E-state index in [1.54, 1.807) is 6.07 Å². The van der Waals surface area contributed by atoms with Gasteiger partial charge in [-0.15, -0.1) is 0 Å². The molecule has 0 aliphatic rings. The van der Waals surface area contributed by atoms with Crippen molar-refractivity contribution in [2.45, 2.75) is 95.8 Å². The molecule has 0 saturated heterocycles. The Morgan fingerprint density at radius 3 is 1.87 bits per heavy atom. The molecular weight excluding hydrogens is 419 g/mol. The Morgan fingerprint density at radius 1 is 0.806 bits per heavy atom. The molecule has 0 aliphatic carbocycles. The fraction of sp³-hybridized carbons (Fsp3) is 0.560. The summed E-state index contributed by atoms with van der Waals surface area (Å²) in [5.41, 5.74) is 1.83. The minimum atomic E-state index is -4.52. The molecule has 0 unspecified atom stereocenters. The van der Waals surface area contributed by atoms with Gasteiger partial charge in [-0.1, -0.05) is 95.5 Å². The van der Waals surface area contributed by atoms with Gasteiger partial charge in [0, 0.05) is 0 Å². The summed E-state index contributed by atoms with van der Waals surface area (Å²) in [7, 11) is -4.52. The molecule has 0 bridgehead atoms. The summed E-state index contributed by atoms with van der Waals surface area (Å²) in [6, 6.07) is 9.51. The zero-order chi connectivity index (χ0) is 22.4.